The molecule has 1 atom stereocenters. The van der Waals surface area contributed by atoms with Crippen molar-refractivity contribution in [3.63, 3.8) is 0 Å². The standard InChI is InChI=1S/C29H38N4O4/c1-18(2)33-26-14-15-32(29(35)21-8-7-9-24(16-21)37-20(5)6)17-25(26)31-27(33)28(34)30-22-10-12-23(13-11-22)36-19(3)4/h7-13,16,18-20,28,30,34H,14-15,17H2,1-6H3. The van der Waals surface area contributed by atoms with Crippen LogP contribution in [0.4, 0.5) is 5.69 Å². The maximum Gasteiger partial charge on any atom is 0.254 e. The molecule has 1 unspecified atom stereocenters. The number of fused-ring (bicyclic) bond motifs is 1. The van der Waals surface area contributed by atoms with Gasteiger partial charge in [-0.25, -0.2) is 4.98 Å². The number of hydrogen-bond acceptors (Lipinski definition) is 6. The maximum absolute atomic E-state index is 13.3. The number of amides is 1. The van der Waals surface area contributed by atoms with Crippen molar-refractivity contribution >= 4 is 11.6 Å². The van der Waals surface area contributed by atoms with Crippen LogP contribution in [0.15, 0.2) is 48.5 Å². The summed E-state index contributed by atoms with van der Waals surface area (Å²) in [4.78, 5) is 19.9. The molecule has 1 amide bonds. The SMILES string of the molecule is CC(C)Oc1ccc(NC(O)c2nc3c(n2C(C)C)CCN(C(=O)c2cccc(OC(C)C)c2)C3)cc1. The lowest BCUT2D eigenvalue weighted by atomic mass is 10.1. The molecule has 0 saturated carbocycles. The minimum atomic E-state index is -1.00. The van der Waals surface area contributed by atoms with E-state index in [0.29, 0.717) is 36.6 Å². The molecule has 2 aromatic carbocycles. The molecule has 1 aliphatic rings. The van der Waals surface area contributed by atoms with E-state index in [1.54, 1.807) is 6.07 Å². The molecule has 0 aliphatic carbocycles. The Labute approximate surface area is 219 Å². The summed E-state index contributed by atoms with van der Waals surface area (Å²) in [5, 5.41) is 14.2. The first-order valence-corrected chi connectivity index (χ1v) is 13.0. The van der Waals surface area contributed by atoms with Gasteiger partial charge in [-0.1, -0.05) is 6.07 Å². The molecule has 2 heterocycles. The van der Waals surface area contributed by atoms with E-state index in [0.717, 1.165) is 22.8 Å². The summed E-state index contributed by atoms with van der Waals surface area (Å²) < 4.78 is 13.6. The Morgan fingerprint density at radius 1 is 0.973 bits per heavy atom. The molecule has 2 N–H and O–H groups in total. The monoisotopic (exact) mass is 506 g/mol. The van der Waals surface area contributed by atoms with E-state index < -0.39 is 6.23 Å². The molecule has 0 saturated heterocycles. The van der Waals surface area contributed by atoms with Gasteiger partial charge in [-0.3, -0.25) is 4.79 Å². The third-order valence-electron chi connectivity index (χ3n) is 6.11. The van der Waals surface area contributed by atoms with Crippen molar-refractivity contribution in [3.05, 3.63) is 71.3 Å². The number of imidazole rings is 1. The number of benzene rings is 2. The van der Waals surface area contributed by atoms with Crippen molar-refractivity contribution in [1.82, 2.24) is 14.5 Å². The fourth-order valence-electron chi connectivity index (χ4n) is 4.65. The molecule has 0 bridgehead atoms. The van der Waals surface area contributed by atoms with E-state index in [-0.39, 0.29) is 24.2 Å². The predicted octanol–water partition coefficient (Wildman–Crippen LogP) is 5.34. The van der Waals surface area contributed by atoms with Gasteiger partial charge >= 0.3 is 0 Å². The van der Waals surface area contributed by atoms with Crippen LogP contribution < -0.4 is 14.8 Å². The van der Waals surface area contributed by atoms with Gasteiger partial charge in [0.1, 0.15) is 11.5 Å². The van der Waals surface area contributed by atoms with Crippen molar-refractivity contribution in [2.75, 3.05) is 11.9 Å². The fraction of sp³-hybridized carbons (Fsp3) is 0.448. The molecule has 0 fully saturated rings. The third-order valence-corrected chi connectivity index (χ3v) is 6.11. The zero-order valence-electron chi connectivity index (χ0n) is 22.6. The van der Waals surface area contributed by atoms with Gasteiger partial charge in [-0.15, -0.1) is 0 Å². The van der Waals surface area contributed by atoms with Gasteiger partial charge in [-0.05, 0) is 84.0 Å². The average Bonchev–Trinajstić information content (AvgIpc) is 3.23. The normalized spacial score (nSPS) is 14.2. The highest BCUT2D eigenvalue weighted by Gasteiger charge is 2.30. The van der Waals surface area contributed by atoms with Gasteiger partial charge in [0.2, 0.25) is 0 Å². The van der Waals surface area contributed by atoms with Crippen molar-refractivity contribution in [2.24, 2.45) is 0 Å². The molecule has 1 aromatic heterocycles. The summed E-state index contributed by atoms with van der Waals surface area (Å²) in [5.74, 6) is 1.95. The number of aliphatic hydroxyl groups excluding tert-OH is 1. The zero-order chi connectivity index (χ0) is 26.7. The number of carbonyl (C=O) groups is 1. The van der Waals surface area contributed by atoms with E-state index in [4.69, 9.17) is 14.5 Å². The Morgan fingerprint density at radius 2 is 1.65 bits per heavy atom. The molecule has 37 heavy (non-hydrogen) atoms. The van der Waals surface area contributed by atoms with Crippen molar-refractivity contribution < 1.29 is 19.4 Å². The lowest BCUT2D eigenvalue weighted by Gasteiger charge is -2.28. The molecule has 4 rings (SSSR count). The molecular weight excluding hydrogens is 468 g/mol. The minimum Gasteiger partial charge on any atom is -0.491 e. The highest BCUT2D eigenvalue weighted by Crippen LogP contribution is 2.29. The number of ether oxygens (including phenoxy) is 2. The topological polar surface area (TPSA) is 88.9 Å². The molecule has 0 spiro atoms. The second-order valence-corrected chi connectivity index (χ2v) is 10.2. The highest BCUT2D eigenvalue weighted by molar-refractivity contribution is 5.94. The number of anilines is 1. The predicted molar refractivity (Wildman–Crippen MR) is 144 cm³/mol. The Balaban J connectivity index is 1.52. The van der Waals surface area contributed by atoms with Crippen molar-refractivity contribution in [1.29, 1.82) is 0 Å². The van der Waals surface area contributed by atoms with E-state index in [1.807, 2.05) is 75.1 Å². The summed E-state index contributed by atoms with van der Waals surface area (Å²) in [6.45, 7) is 13.0. The largest absolute Gasteiger partial charge is 0.491 e. The van der Waals surface area contributed by atoms with E-state index in [2.05, 4.69) is 23.7 Å². The quantitative estimate of drug-likeness (QED) is 0.381. The number of carbonyl (C=O) groups excluding carboxylic acids is 1. The van der Waals surface area contributed by atoms with Crippen LogP contribution in [-0.4, -0.2) is 44.2 Å². The highest BCUT2D eigenvalue weighted by atomic mass is 16.5. The van der Waals surface area contributed by atoms with Gasteiger partial charge < -0.3 is 29.4 Å². The Hall–Kier alpha value is -3.52. The summed E-state index contributed by atoms with van der Waals surface area (Å²) >= 11 is 0. The Bertz CT molecular complexity index is 1220. The maximum atomic E-state index is 13.3. The number of nitrogens with zero attached hydrogens (tertiary/aromatic N) is 3. The van der Waals surface area contributed by atoms with Crippen LogP contribution in [-0.2, 0) is 13.0 Å². The van der Waals surface area contributed by atoms with E-state index >= 15 is 0 Å². The molecule has 1 aliphatic heterocycles. The average molecular weight is 507 g/mol. The molecule has 8 heteroatoms. The van der Waals surface area contributed by atoms with Crippen LogP contribution in [0.25, 0.3) is 0 Å². The summed E-state index contributed by atoms with van der Waals surface area (Å²) in [6.07, 6.45) is -0.202. The molecule has 8 nitrogen and oxygen atoms in total. The first-order chi connectivity index (χ1) is 17.6. The third kappa shape index (κ3) is 6.25. The number of rotatable bonds is 9. The first-order valence-electron chi connectivity index (χ1n) is 13.0. The van der Waals surface area contributed by atoms with Crippen LogP contribution in [0.3, 0.4) is 0 Å². The second-order valence-electron chi connectivity index (χ2n) is 10.2. The minimum absolute atomic E-state index is 0.0349. The Morgan fingerprint density at radius 3 is 2.30 bits per heavy atom. The van der Waals surface area contributed by atoms with E-state index in [1.165, 1.54) is 0 Å². The van der Waals surface area contributed by atoms with Gasteiger partial charge in [0.05, 0.1) is 24.4 Å². The zero-order valence-corrected chi connectivity index (χ0v) is 22.6. The fourth-order valence-corrected chi connectivity index (χ4v) is 4.65. The smallest absolute Gasteiger partial charge is 0.254 e. The molecule has 3 aromatic rings. The summed E-state index contributed by atoms with van der Waals surface area (Å²) in [5.41, 5.74) is 3.24. The van der Waals surface area contributed by atoms with E-state index in [9.17, 15) is 9.90 Å². The number of nitrogens with one attached hydrogen (secondary N) is 1. The van der Waals surface area contributed by atoms with Crippen molar-refractivity contribution in [3.8, 4) is 11.5 Å². The summed E-state index contributed by atoms with van der Waals surface area (Å²) in [7, 11) is 0. The lowest BCUT2D eigenvalue weighted by Crippen LogP contribution is -2.36. The number of hydrogen-bond donors (Lipinski definition) is 2. The lowest BCUT2D eigenvalue weighted by molar-refractivity contribution is 0.0730. The number of aliphatic hydroxyl groups is 1. The van der Waals surface area contributed by atoms with Gasteiger partial charge in [0.15, 0.2) is 12.1 Å². The number of aromatic nitrogens is 2. The molecule has 198 valence electrons. The molecule has 0 radical (unpaired) electrons. The van der Waals surface area contributed by atoms with Crippen molar-refractivity contribution in [2.45, 2.75) is 79.0 Å². The van der Waals surface area contributed by atoms with Crippen LogP contribution in [0, 0.1) is 0 Å². The molecular formula is C29H38N4O4. The van der Waals surface area contributed by atoms with Crippen LogP contribution in [0.2, 0.25) is 0 Å². The second kappa shape index (κ2) is 11.3. The van der Waals surface area contributed by atoms with Crippen LogP contribution in [0.5, 0.6) is 11.5 Å². The van der Waals surface area contributed by atoms with Crippen LogP contribution >= 0.6 is 0 Å². The Kier molecular flexibility index (Phi) is 8.07. The first kappa shape index (κ1) is 26.5. The van der Waals surface area contributed by atoms with Gasteiger partial charge in [0, 0.05) is 36.0 Å². The van der Waals surface area contributed by atoms with Gasteiger partial charge in [-0.2, -0.15) is 0 Å². The van der Waals surface area contributed by atoms with Crippen LogP contribution in [0.1, 0.15) is 81.4 Å². The summed E-state index contributed by atoms with van der Waals surface area (Å²) in [6, 6.07) is 14.9. The van der Waals surface area contributed by atoms with Gasteiger partial charge in [0.25, 0.3) is 5.91 Å².